The van der Waals surface area contributed by atoms with E-state index in [0.717, 1.165) is 22.9 Å². The van der Waals surface area contributed by atoms with Crippen LogP contribution in [0.15, 0.2) is 18.2 Å². The van der Waals surface area contributed by atoms with E-state index >= 15 is 0 Å². The fourth-order valence-electron chi connectivity index (χ4n) is 2.16. The Morgan fingerprint density at radius 3 is 3.06 bits per heavy atom. The Labute approximate surface area is 91.9 Å². The predicted octanol–water partition coefficient (Wildman–Crippen LogP) is 1.33. The first-order valence-electron chi connectivity index (χ1n) is 5.12. The zero-order chi connectivity index (χ0) is 11.1. The zero-order valence-electron chi connectivity index (χ0n) is 8.50. The minimum Gasteiger partial charge on any atom is -0.350 e. The lowest BCUT2D eigenvalue weighted by Gasteiger charge is -2.11. The summed E-state index contributed by atoms with van der Waals surface area (Å²) in [5.74, 6) is -0.0593. The second-order valence-electron chi connectivity index (χ2n) is 3.86. The molecule has 2 heterocycles. The van der Waals surface area contributed by atoms with Crippen molar-refractivity contribution in [3.63, 3.8) is 0 Å². The second kappa shape index (κ2) is 3.11. The number of hydrogen-bond acceptors (Lipinski definition) is 2. The molecule has 0 fully saturated rings. The maximum Gasteiger partial charge on any atom is 0.268 e. The van der Waals surface area contributed by atoms with E-state index in [1.807, 2.05) is 12.1 Å². The molecule has 4 heteroatoms. The first kappa shape index (κ1) is 8.98. The smallest absolute Gasteiger partial charge is 0.268 e. The van der Waals surface area contributed by atoms with Gasteiger partial charge in [0.25, 0.3) is 5.91 Å². The molecule has 2 N–H and O–H groups in total. The van der Waals surface area contributed by atoms with Gasteiger partial charge in [0, 0.05) is 17.4 Å². The third-order valence-corrected chi connectivity index (χ3v) is 2.92. The molecule has 0 radical (unpaired) electrons. The summed E-state index contributed by atoms with van der Waals surface area (Å²) in [7, 11) is 0. The summed E-state index contributed by atoms with van der Waals surface area (Å²) in [6, 6.07) is 7.55. The number of nitrogens with one attached hydrogen (secondary N) is 2. The maximum absolute atomic E-state index is 11.6. The molecule has 0 aliphatic carbocycles. The van der Waals surface area contributed by atoms with E-state index in [1.54, 1.807) is 6.07 Å². The Bertz CT molecular complexity index is 633. The number of carbonyl (C=O) groups excluding carboxylic acids is 1. The number of benzene rings is 1. The number of nitrogens with zero attached hydrogens (tertiary/aromatic N) is 1. The average Bonchev–Trinajstić information content (AvgIpc) is 2.68. The van der Waals surface area contributed by atoms with E-state index in [-0.39, 0.29) is 5.91 Å². The molecular formula is C12H9N3O. The van der Waals surface area contributed by atoms with Crippen LogP contribution < -0.4 is 5.32 Å². The lowest BCUT2D eigenvalue weighted by Crippen LogP contribution is -2.31. The predicted molar refractivity (Wildman–Crippen MR) is 59.1 cm³/mol. The molecule has 1 amide bonds. The Balaban J connectivity index is 2.34. The number of rotatable bonds is 0. The van der Waals surface area contributed by atoms with Crippen molar-refractivity contribution in [2.75, 3.05) is 6.54 Å². The van der Waals surface area contributed by atoms with E-state index in [4.69, 9.17) is 5.26 Å². The van der Waals surface area contributed by atoms with E-state index in [2.05, 4.69) is 16.4 Å². The van der Waals surface area contributed by atoms with Crippen LogP contribution in [0.3, 0.4) is 0 Å². The number of amides is 1. The van der Waals surface area contributed by atoms with Crippen molar-refractivity contribution in [1.82, 2.24) is 10.3 Å². The van der Waals surface area contributed by atoms with Crippen LogP contribution in [0.1, 0.15) is 21.6 Å². The molecule has 0 saturated heterocycles. The van der Waals surface area contributed by atoms with Gasteiger partial charge in [0.1, 0.15) is 5.69 Å². The molecule has 0 bridgehead atoms. The van der Waals surface area contributed by atoms with Gasteiger partial charge in [-0.3, -0.25) is 4.79 Å². The third kappa shape index (κ3) is 1.12. The summed E-state index contributed by atoms with van der Waals surface area (Å²) in [5.41, 5.74) is 3.20. The van der Waals surface area contributed by atoms with E-state index in [9.17, 15) is 4.79 Å². The summed E-state index contributed by atoms with van der Waals surface area (Å²) in [5, 5.41) is 12.6. The monoisotopic (exact) mass is 211 g/mol. The summed E-state index contributed by atoms with van der Waals surface area (Å²) < 4.78 is 0. The van der Waals surface area contributed by atoms with Crippen molar-refractivity contribution in [1.29, 1.82) is 5.26 Å². The summed E-state index contributed by atoms with van der Waals surface area (Å²) >= 11 is 0. The quantitative estimate of drug-likeness (QED) is 0.690. The molecule has 2 aromatic rings. The fourth-order valence-corrected chi connectivity index (χ4v) is 2.16. The van der Waals surface area contributed by atoms with Gasteiger partial charge in [-0.2, -0.15) is 5.26 Å². The highest BCUT2D eigenvalue weighted by atomic mass is 16.1. The SMILES string of the molecule is N#Cc1ccc2[nH]c3c(c2c1)CCNC3=O. The van der Waals surface area contributed by atoms with Gasteiger partial charge in [-0.05, 0) is 30.2 Å². The van der Waals surface area contributed by atoms with Crippen molar-refractivity contribution in [2.24, 2.45) is 0 Å². The molecule has 0 spiro atoms. The standard InChI is InChI=1S/C12H9N3O/c13-6-7-1-2-10-9(5-7)8-3-4-14-12(16)11(8)15-10/h1-2,5,15H,3-4H2,(H,14,16). The number of hydrogen-bond donors (Lipinski definition) is 2. The molecule has 3 rings (SSSR count). The van der Waals surface area contributed by atoms with Crippen LogP contribution in [-0.2, 0) is 6.42 Å². The van der Waals surface area contributed by atoms with Crippen molar-refractivity contribution < 1.29 is 4.79 Å². The Hall–Kier alpha value is -2.28. The highest BCUT2D eigenvalue weighted by molar-refractivity contribution is 6.02. The van der Waals surface area contributed by atoms with Crippen molar-refractivity contribution in [3.8, 4) is 6.07 Å². The van der Waals surface area contributed by atoms with Gasteiger partial charge < -0.3 is 10.3 Å². The minimum atomic E-state index is -0.0593. The molecule has 78 valence electrons. The van der Waals surface area contributed by atoms with E-state index in [1.165, 1.54) is 0 Å². The van der Waals surface area contributed by atoms with E-state index in [0.29, 0.717) is 17.8 Å². The van der Waals surface area contributed by atoms with Crippen LogP contribution in [0.2, 0.25) is 0 Å². The molecule has 0 saturated carbocycles. The van der Waals surface area contributed by atoms with Crippen LogP contribution in [0.5, 0.6) is 0 Å². The van der Waals surface area contributed by atoms with Gasteiger partial charge in [0.2, 0.25) is 0 Å². The number of carbonyl (C=O) groups is 1. The van der Waals surface area contributed by atoms with Crippen LogP contribution in [0.4, 0.5) is 0 Å². The molecule has 0 atom stereocenters. The van der Waals surface area contributed by atoms with E-state index < -0.39 is 0 Å². The van der Waals surface area contributed by atoms with Crippen LogP contribution >= 0.6 is 0 Å². The largest absolute Gasteiger partial charge is 0.350 e. The summed E-state index contributed by atoms with van der Waals surface area (Å²) in [6.07, 6.45) is 0.815. The summed E-state index contributed by atoms with van der Waals surface area (Å²) in [6.45, 7) is 0.662. The number of nitriles is 1. The number of fused-ring (bicyclic) bond motifs is 3. The molecule has 1 aromatic carbocycles. The first-order chi connectivity index (χ1) is 7.79. The molecule has 0 unspecified atom stereocenters. The van der Waals surface area contributed by atoms with Crippen LogP contribution in [0, 0.1) is 11.3 Å². The van der Waals surface area contributed by atoms with Crippen molar-refractivity contribution in [2.45, 2.75) is 6.42 Å². The fraction of sp³-hybridized carbons (Fsp3) is 0.167. The van der Waals surface area contributed by atoms with Crippen LogP contribution in [-0.4, -0.2) is 17.4 Å². The van der Waals surface area contributed by atoms with Gasteiger partial charge in [-0.1, -0.05) is 0 Å². The van der Waals surface area contributed by atoms with Crippen molar-refractivity contribution >= 4 is 16.8 Å². The Morgan fingerprint density at radius 2 is 2.25 bits per heavy atom. The lowest BCUT2D eigenvalue weighted by atomic mass is 10.0. The Morgan fingerprint density at radius 1 is 1.38 bits per heavy atom. The van der Waals surface area contributed by atoms with Gasteiger partial charge in [-0.15, -0.1) is 0 Å². The number of H-pyrrole nitrogens is 1. The van der Waals surface area contributed by atoms with Gasteiger partial charge >= 0.3 is 0 Å². The van der Waals surface area contributed by atoms with Crippen molar-refractivity contribution in [3.05, 3.63) is 35.0 Å². The molecular weight excluding hydrogens is 202 g/mol. The zero-order valence-corrected chi connectivity index (χ0v) is 8.50. The summed E-state index contributed by atoms with van der Waals surface area (Å²) in [4.78, 5) is 14.7. The average molecular weight is 211 g/mol. The highest BCUT2D eigenvalue weighted by Gasteiger charge is 2.21. The first-order valence-corrected chi connectivity index (χ1v) is 5.12. The highest BCUT2D eigenvalue weighted by Crippen LogP contribution is 2.25. The second-order valence-corrected chi connectivity index (χ2v) is 3.86. The lowest BCUT2D eigenvalue weighted by molar-refractivity contribution is 0.0942. The molecule has 1 aromatic heterocycles. The topological polar surface area (TPSA) is 68.7 Å². The molecule has 4 nitrogen and oxygen atoms in total. The van der Waals surface area contributed by atoms with Gasteiger partial charge in [0.15, 0.2) is 0 Å². The normalized spacial score (nSPS) is 14.3. The maximum atomic E-state index is 11.6. The van der Waals surface area contributed by atoms with Crippen LogP contribution in [0.25, 0.3) is 10.9 Å². The molecule has 1 aliphatic heterocycles. The minimum absolute atomic E-state index is 0.0593. The van der Waals surface area contributed by atoms with Gasteiger partial charge in [0.05, 0.1) is 11.6 Å². The molecule has 16 heavy (non-hydrogen) atoms. The Kier molecular flexibility index (Phi) is 1.74. The van der Waals surface area contributed by atoms with Gasteiger partial charge in [-0.25, -0.2) is 0 Å². The molecule has 1 aliphatic rings. The number of aromatic amines is 1. The number of aromatic nitrogens is 1. The third-order valence-electron chi connectivity index (χ3n) is 2.92.